The Morgan fingerprint density at radius 2 is 1.93 bits per heavy atom. The zero-order chi connectivity index (χ0) is 11.5. The zero-order valence-electron chi connectivity index (χ0n) is 9.64. The first-order valence-electron chi connectivity index (χ1n) is 5.34. The van der Waals surface area contributed by atoms with E-state index < -0.39 is 10.1 Å². The summed E-state index contributed by atoms with van der Waals surface area (Å²) >= 11 is 3.36. The zero-order valence-corrected chi connectivity index (χ0v) is 11.2. The van der Waals surface area contributed by atoms with Crippen LogP contribution in [0.2, 0.25) is 0 Å². The number of ketones is 1. The number of ether oxygens (including phenoxy) is 2. The minimum atomic E-state index is -0.462. The molecule has 1 rings (SSSR count). The molecule has 1 aliphatic heterocycles. The van der Waals surface area contributed by atoms with E-state index in [-0.39, 0.29) is 5.78 Å². The molecule has 0 bridgehead atoms. The molecule has 0 unspecified atom stereocenters. The third kappa shape index (κ3) is 4.21. The Bertz CT molecular complexity index is 226. The molecule has 3 nitrogen and oxygen atoms in total. The molecule has 0 aliphatic carbocycles. The van der Waals surface area contributed by atoms with Crippen molar-refractivity contribution in [1.29, 1.82) is 0 Å². The average molecular weight is 279 g/mol. The molecular formula is C11H19BrO3. The van der Waals surface area contributed by atoms with Gasteiger partial charge in [0.25, 0.3) is 0 Å². The van der Waals surface area contributed by atoms with Gasteiger partial charge in [-0.25, -0.2) is 0 Å². The highest BCUT2D eigenvalue weighted by atomic mass is 79.9. The van der Waals surface area contributed by atoms with Gasteiger partial charge in [0.2, 0.25) is 0 Å². The third-order valence-electron chi connectivity index (χ3n) is 2.60. The van der Waals surface area contributed by atoms with E-state index >= 15 is 0 Å². The molecule has 0 aromatic carbocycles. The van der Waals surface area contributed by atoms with E-state index in [4.69, 9.17) is 9.47 Å². The lowest BCUT2D eigenvalue weighted by molar-refractivity contribution is -0.148. The molecule has 0 atom stereocenters. The molecule has 4 heteroatoms. The first-order chi connectivity index (χ1) is 6.83. The standard InChI is InChI=1S/C11H19BrO3/c1-10(2,12)9(13)5-4-6-11(3)14-7-8-15-11/h4-8H2,1-3H3. The second kappa shape index (κ2) is 4.93. The summed E-state index contributed by atoms with van der Waals surface area (Å²) in [6.45, 7) is 7.01. The van der Waals surface area contributed by atoms with Crippen LogP contribution in [0.15, 0.2) is 0 Å². The van der Waals surface area contributed by atoms with Gasteiger partial charge in [-0.15, -0.1) is 0 Å². The number of halogens is 1. The van der Waals surface area contributed by atoms with Crippen LogP contribution in [0.1, 0.15) is 40.0 Å². The molecule has 1 heterocycles. The fourth-order valence-corrected chi connectivity index (χ4v) is 1.77. The molecule has 88 valence electrons. The predicted molar refractivity (Wildman–Crippen MR) is 62.2 cm³/mol. The van der Waals surface area contributed by atoms with E-state index in [1.165, 1.54) is 0 Å². The highest BCUT2D eigenvalue weighted by Gasteiger charge is 2.31. The first kappa shape index (κ1) is 13.1. The van der Waals surface area contributed by atoms with E-state index in [2.05, 4.69) is 15.9 Å². The SMILES string of the molecule is CC1(CCCC(=O)C(C)(C)Br)OCCO1. The van der Waals surface area contributed by atoms with E-state index in [1.807, 2.05) is 20.8 Å². The van der Waals surface area contributed by atoms with Crippen LogP contribution in [0.5, 0.6) is 0 Å². The molecular weight excluding hydrogens is 260 g/mol. The molecule has 1 fully saturated rings. The molecule has 0 radical (unpaired) electrons. The van der Waals surface area contributed by atoms with Gasteiger partial charge in [-0.2, -0.15) is 0 Å². The minimum Gasteiger partial charge on any atom is -0.348 e. The fraction of sp³-hybridized carbons (Fsp3) is 0.909. The number of rotatable bonds is 5. The first-order valence-corrected chi connectivity index (χ1v) is 6.13. The van der Waals surface area contributed by atoms with Gasteiger partial charge in [-0.05, 0) is 27.2 Å². The number of carbonyl (C=O) groups is 1. The smallest absolute Gasteiger partial charge is 0.165 e. The van der Waals surface area contributed by atoms with Crippen molar-refractivity contribution in [3.63, 3.8) is 0 Å². The normalized spacial score (nSPS) is 20.5. The van der Waals surface area contributed by atoms with Gasteiger partial charge in [0.15, 0.2) is 5.79 Å². The molecule has 15 heavy (non-hydrogen) atoms. The van der Waals surface area contributed by atoms with Gasteiger partial charge >= 0.3 is 0 Å². The van der Waals surface area contributed by atoms with Gasteiger partial charge in [0, 0.05) is 12.8 Å². The largest absolute Gasteiger partial charge is 0.348 e. The lowest BCUT2D eigenvalue weighted by Crippen LogP contribution is -2.27. The van der Waals surface area contributed by atoms with Crippen LogP contribution in [0, 0.1) is 0 Å². The van der Waals surface area contributed by atoms with Crippen LogP contribution < -0.4 is 0 Å². The summed E-state index contributed by atoms with van der Waals surface area (Å²) in [4.78, 5) is 11.6. The van der Waals surface area contributed by atoms with Gasteiger partial charge in [0.05, 0.1) is 17.5 Å². The Morgan fingerprint density at radius 3 is 2.40 bits per heavy atom. The van der Waals surface area contributed by atoms with Crippen LogP contribution in [-0.4, -0.2) is 29.1 Å². The van der Waals surface area contributed by atoms with Crippen molar-refractivity contribution in [3.05, 3.63) is 0 Å². The highest BCUT2D eigenvalue weighted by molar-refractivity contribution is 9.10. The number of Topliss-reactive ketones (excluding diaryl/α,β-unsaturated/α-hetero) is 1. The molecule has 0 spiro atoms. The molecule has 0 amide bonds. The van der Waals surface area contributed by atoms with Crippen molar-refractivity contribution < 1.29 is 14.3 Å². The maximum absolute atomic E-state index is 11.6. The number of hydrogen-bond acceptors (Lipinski definition) is 3. The van der Waals surface area contributed by atoms with Crippen LogP contribution in [0.25, 0.3) is 0 Å². The maximum Gasteiger partial charge on any atom is 0.165 e. The number of hydrogen-bond donors (Lipinski definition) is 0. The molecule has 0 aromatic rings. The van der Waals surface area contributed by atoms with Crippen molar-refractivity contribution >= 4 is 21.7 Å². The maximum atomic E-state index is 11.6. The molecule has 0 saturated carbocycles. The monoisotopic (exact) mass is 278 g/mol. The Labute approximate surface area is 99.6 Å². The Morgan fingerprint density at radius 1 is 1.40 bits per heavy atom. The Hall–Kier alpha value is 0.0700. The Balaban J connectivity index is 2.24. The molecule has 0 aromatic heterocycles. The molecule has 1 aliphatic rings. The lowest BCUT2D eigenvalue weighted by atomic mass is 10.0. The van der Waals surface area contributed by atoms with Crippen molar-refractivity contribution in [2.75, 3.05) is 13.2 Å². The van der Waals surface area contributed by atoms with Crippen LogP contribution in [0.3, 0.4) is 0 Å². The molecule has 1 saturated heterocycles. The van der Waals surface area contributed by atoms with E-state index in [0.29, 0.717) is 19.6 Å². The van der Waals surface area contributed by atoms with E-state index in [1.54, 1.807) is 0 Å². The average Bonchev–Trinajstić information content (AvgIpc) is 2.50. The minimum absolute atomic E-state index is 0.226. The molecule has 0 N–H and O–H groups in total. The van der Waals surface area contributed by atoms with Gasteiger partial charge < -0.3 is 9.47 Å². The van der Waals surface area contributed by atoms with Crippen molar-refractivity contribution in [1.82, 2.24) is 0 Å². The third-order valence-corrected chi connectivity index (χ3v) is 3.04. The number of carbonyl (C=O) groups excluding carboxylic acids is 1. The van der Waals surface area contributed by atoms with E-state index in [9.17, 15) is 4.79 Å². The van der Waals surface area contributed by atoms with Crippen molar-refractivity contribution in [2.45, 2.75) is 50.1 Å². The van der Waals surface area contributed by atoms with Crippen LogP contribution in [0.4, 0.5) is 0 Å². The summed E-state index contributed by atoms with van der Waals surface area (Å²) in [5, 5.41) is 0. The second-order valence-corrected chi connectivity index (χ2v) is 6.56. The van der Waals surface area contributed by atoms with Crippen molar-refractivity contribution in [2.24, 2.45) is 0 Å². The lowest BCUT2D eigenvalue weighted by Gasteiger charge is -2.22. The predicted octanol–water partition coefficient (Wildman–Crippen LogP) is 2.66. The second-order valence-electron chi connectivity index (χ2n) is 4.58. The summed E-state index contributed by atoms with van der Waals surface area (Å²) < 4.78 is 10.5. The fourth-order valence-electron chi connectivity index (χ4n) is 1.57. The van der Waals surface area contributed by atoms with Gasteiger partial charge in [-0.3, -0.25) is 4.79 Å². The van der Waals surface area contributed by atoms with Gasteiger partial charge in [-0.1, -0.05) is 15.9 Å². The van der Waals surface area contributed by atoms with Crippen LogP contribution >= 0.6 is 15.9 Å². The highest BCUT2D eigenvalue weighted by Crippen LogP contribution is 2.26. The summed E-state index contributed by atoms with van der Waals surface area (Å²) in [6.07, 6.45) is 2.16. The van der Waals surface area contributed by atoms with E-state index in [0.717, 1.165) is 12.8 Å². The summed E-state index contributed by atoms with van der Waals surface area (Å²) in [6, 6.07) is 0. The Kier molecular flexibility index (Phi) is 4.32. The number of alkyl halides is 1. The summed E-state index contributed by atoms with van der Waals surface area (Å²) in [5.74, 6) is -0.236. The van der Waals surface area contributed by atoms with Crippen LogP contribution in [-0.2, 0) is 14.3 Å². The summed E-state index contributed by atoms with van der Waals surface area (Å²) in [5.41, 5.74) is 0. The van der Waals surface area contributed by atoms with Gasteiger partial charge in [0.1, 0.15) is 5.78 Å². The topological polar surface area (TPSA) is 35.5 Å². The van der Waals surface area contributed by atoms with Crippen molar-refractivity contribution in [3.8, 4) is 0 Å². The quantitative estimate of drug-likeness (QED) is 0.726. The summed E-state index contributed by atoms with van der Waals surface area (Å²) in [7, 11) is 0.